The van der Waals surface area contributed by atoms with Crippen molar-refractivity contribution >= 4 is 11.5 Å². The molecule has 0 fully saturated rings. The standard InChI is InChI=1S/C31H34N2O2/c1-5-22-24(7-3)30(32-28(22)20-15-11-9-12-16-20)26(34)19-27(35)31-25(8-4)23(6-2)29(33-31)21-17-13-10-14-18-21/h9-19,32-34H,5-8H2,1-4H3/b26-19-. The van der Waals surface area contributed by atoms with Crippen molar-refractivity contribution < 1.29 is 9.90 Å². The first-order chi connectivity index (χ1) is 17.0. The quantitative estimate of drug-likeness (QED) is 0.134. The van der Waals surface area contributed by atoms with Gasteiger partial charge in [0.1, 0.15) is 5.76 Å². The van der Waals surface area contributed by atoms with Crippen LogP contribution in [0.15, 0.2) is 66.7 Å². The summed E-state index contributed by atoms with van der Waals surface area (Å²) in [6, 6.07) is 20.2. The number of rotatable bonds is 9. The summed E-state index contributed by atoms with van der Waals surface area (Å²) in [7, 11) is 0. The van der Waals surface area contributed by atoms with Crippen LogP contribution in [0.1, 0.15) is 66.1 Å². The van der Waals surface area contributed by atoms with E-state index in [0.29, 0.717) is 11.4 Å². The number of carbonyl (C=O) groups excluding carboxylic acids is 1. The molecule has 0 aliphatic carbocycles. The highest BCUT2D eigenvalue weighted by atomic mass is 16.3. The molecular formula is C31H34N2O2. The number of H-pyrrole nitrogens is 2. The SMILES string of the molecule is CCc1c(C(=O)/C=C(\O)c2[nH]c(-c3ccccc3)c(CC)c2CC)[nH]c(-c2ccccc2)c1CC. The summed E-state index contributed by atoms with van der Waals surface area (Å²) >= 11 is 0. The largest absolute Gasteiger partial charge is 0.506 e. The van der Waals surface area contributed by atoms with Gasteiger partial charge in [-0.2, -0.15) is 0 Å². The second-order valence-corrected chi connectivity index (χ2v) is 8.70. The molecule has 0 spiro atoms. The van der Waals surface area contributed by atoms with Crippen LogP contribution < -0.4 is 0 Å². The lowest BCUT2D eigenvalue weighted by atomic mass is 9.98. The predicted octanol–water partition coefficient (Wildman–Crippen LogP) is 7.71. The molecule has 2 aromatic heterocycles. The third kappa shape index (κ3) is 4.61. The molecule has 3 N–H and O–H groups in total. The summed E-state index contributed by atoms with van der Waals surface area (Å²) < 4.78 is 0. The average Bonchev–Trinajstić information content (AvgIpc) is 3.47. The molecular weight excluding hydrogens is 432 g/mol. The van der Waals surface area contributed by atoms with E-state index in [4.69, 9.17) is 0 Å². The minimum Gasteiger partial charge on any atom is -0.506 e. The van der Waals surface area contributed by atoms with E-state index < -0.39 is 0 Å². The fourth-order valence-corrected chi connectivity index (χ4v) is 5.12. The van der Waals surface area contributed by atoms with Gasteiger partial charge in [0.05, 0.1) is 11.4 Å². The summed E-state index contributed by atoms with van der Waals surface area (Å²) in [5, 5.41) is 11.2. The Morgan fingerprint density at radius 2 is 1.06 bits per heavy atom. The first kappa shape index (κ1) is 24.3. The van der Waals surface area contributed by atoms with E-state index in [2.05, 4.69) is 61.9 Å². The first-order valence-corrected chi connectivity index (χ1v) is 12.6. The molecule has 0 atom stereocenters. The predicted molar refractivity (Wildman–Crippen MR) is 145 cm³/mol. The van der Waals surface area contributed by atoms with Crippen molar-refractivity contribution in [3.63, 3.8) is 0 Å². The van der Waals surface area contributed by atoms with Crippen LogP contribution in [0.25, 0.3) is 28.3 Å². The molecule has 0 saturated heterocycles. The van der Waals surface area contributed by atoms with E-state index in [-0.39, 0.29) is 11.5 Å². The maximum atomic E-state index is 13.5. The third-order valence-corrected chi connectivity index (χ3v) is 6.75. The number of allylic oxidation sites excluding steroid dienone is 1. The number of hydrogen-bond acceptors (Lipinski definition) is 2. The van der Waals surface area contributed by atoms with Crippen molar-refractivity contribution in [2.75, 3.05) is 0 Å². The molecule has 4 heteroatoms. The molecule has 0 saturated carbocycles. The van der Waals surface area contributed by atoms with E-state index in [9.17, 15) is 9.90 Å². The lowest BCUT2D eigenvalue weighted by molar-refractivity contribution is 0.104. The topological polar surface area (TPSA) is 68.9 Å². The zero-order valence-corrected chi connectivity index (χ0v) is 21.0. The lowest BCUT2D eigenvalue weighted by Crippen LogP contribution is -2.02. The summed E-state index contributed by atoms with van der Waals surface area (Å²) in [5.41, 5.74) is 9.69. The molecule has 2 heterocycles. The van der Waals surface area contributed by atoms with Gasteiger partial charge in [-0.3, -0.25) is 4.79 Å². The Balaban J connectivity index is 1.78. The second-order valence-electron chi connectivity index (χ2n) is 8.70. The Kier molecular flexibility index (Phi) is 7.40. The Bertz CT molecular complexity index is 1340. The molecule has 4 aromatic rings. The smallest absolute Gasteiger partial charge is 0.206 e. The lowest BCUT2D eigenvalue weighted by Gasteiger charge is -2.05. The molecule has 2 aromatic carbocycles. The first-order valence-electron chi connectivity index (χ1n) is 12.6. The molecule has 180 valence electrons. The second kappa shape index (κ2) is 10.6. The monoisotopic (exact) mass is 466 g/mol. The van der Waals surface area contributed by atoms with Crippen molar-refractivity contribution in [1.29, 1.82) is 0 Å². The van der Waals surface area contributed by atoms with Crippen molar-refractivity contribution in [2.24, 2.45) is 0 Å². The number of aliphatic hydroxyl groups excluding tert-OH is 1. The van der Waals surface area contributed by atoms with Crippen LogP contribution >= 0.6 is 0 Å². The van der Waals surface area contributed by atoms with E-state index in [1.165, 1.54) is 11.6 Å². The van der Waals surface area contributed by atoms with Crippen LogP contribution in [0, 0.1) is 0 Å². The zero-order chi connectivity index (χ0) is 24.9. The Labute approximate surface area is 207 Å². The fourth-order valence-electron chi connectivity index (χ4n) is 5.12. The van der Waals surface area contributed by atoms with Crippen LogP contribution in [0.5, 0.6) is 0 Å². The number of nitrogens with one attached hydrogen (secondary N) is 2. The number of aliphatic hydroxyl groups is 1. The summed E-state index contributed by atoms with van der Waals surface area (Å²) in [4.78, 5) is 20.3. The minimum atomic E-state index is -0.216. The molecule has 0 aliphatic rings. The summed E-state index contributed by atoms with van der Waals surface area (Å²) in [6.45, 7) is 8.38. The number of benzene rings is 2. The van der Waals surface area contributed by atoms with Gasteiger partial charge in [-0.25, -0.2) is 0 Å². The summed E-state index contributed by atoms with van der Waals surface area (Å²) in [6.07, 6.45) is 4.52. The van der Waals surface area contributed by atoms with Crippen LogP contribution in [0.4, 0.5) is 0 Å². The van der Waals surface area contributed by atoms with Crippen LogP contribution in [0.3, 0.4) is 0 Å². The number of aromatic amines is 2. The highest BCUT2D eigenvalue weighted by molar-refractivity contribution is 6.08. The number of ketones is 1. The Hall–Kier alpha value is -3.79. The van der Waals surface area contributed by atoms with Crippen molar-refractivity contribution in [1.82, 2.24) is 9.97 Å². The Morgan fingerprint density at radius 1 is 0.657 bits per heavy atom. The maximum Gasteiger partial charge on any atom is 0.206 e. The average molecular weight is 467 g/mol. The fraction of sp³-hybridized carbons (Fsp3) is 0.258. The molecule has 0 bridgehead atoms. The van der Waals surface area contributed by atoms with Gasteiger partial charge in [-0.05, 0) is 59.1 Å². The van der Waals surface area contributed by atoms with Crippen molar-refractivity contribution in [3.8, 4) is 22.5 Å². The number of hydrogen-bond donors (Lipinski definition) is 3. The molecule has 35 heavy (non-hydrogen) atoms. The van der Waals surface area contributed by atoms with E-state index in [1.54, 1.807) is 0 Å². The molecule has 4 nitrogen and oxygen atoms in total. The zero-order valence-electron chi connectivity index (χ0n) is 21.0. The normalized spacial score (nSPS) is 11.7. The van der Waals surface area contributed by atoms with Crippen molar-refractivity contribution in [3.05, 3.63) is 100 Å². The van der Waals surface area contributed by atoms with Crippen LogP contribution in [0.2, 0.25) is 0 Å². The Morgan fingerprint density at radius 3 is 1.49 bits per heavy atom. The van der Waals surface area contributed by atoms with Crippen molar-refractivity contribution in [2.45, 2.75) is 53.4 Å². The highest BCUT2D eigenvalue weighted by Gasteiger charge is 2.23. The van der Waals surface area contributed by atoms with Gasteiger partial charge < -0.3 is 15.1 Å². The van der Waals surface area contributed by atoms with Gasteiger partial charge in [-0.15, -0.1) is 0 Å². The molecule has 0 amide bonds. The van der Waals surface area contributed by atoms with Gasteiger partial charge in [0.25, 0.3) is 0 Å². The van der Waals surface area contributed by atoms with Gasteiger partial charge in [-0.1, -0.05) is 88.4 Å². The third-order valence-electron chi connectivity index (χ3n) is 6.75. The summed E-state index contributed by atoms with van der Waals surface area (Å²) in [5.74, 6) is -0.244. The number of aromatic nitrogens is 2. The van der Waals surface area contributed by atoms with Gasteiger partial charge in [0, 0.05) is 17.5 Å². The van der Waals surface area contributed by atoms with E-state index in [0.717, 1.165) is 64.9 Å². The molecule has 0 radical (unpaired) electrons. The maximum absolute atomic E-state index is 13.5. The molecule has 0 unspecified atom stereocenters. The minimum absolute atomic E-state index is 0.0281. The van der Waals surface area contributed by atoms with E-state index in [1.807, 2.05) is 36.4 Å². The van der Waals surface area contributed by atoms with Gasteiger partial charge in [0.15, 0.2) is 0 Å². The van der Waals surface area contributed by atoms with Gasteiger partial charge >= 0.3 is 0 Å². The number of carbonyl (C=O) groups is 1. The van der Waals surface area contributed by atoms with E-state index >= 15 is 0 Å². The van der Waals surface area contributed by atoms with Gasteiger partial charge in [0.2, 0.25) is 5.78 Å². The highest BCUT2D eigenvalue weighted by Crippen LogP contribution is 2.33. The molecule has 4 rings (SSSR count). The van der Waals surface area contributed by atoms with Crippen LogP contribution in [-0.4, -0.2) is 20.9 Å². The molecule has 0 aliphatic heterocycles. The van der Waals surface area contributed by atoms with Crippen LogP contribution in [-0.2, 0) is 25.7 Å².